The normalized spacial score (nSPS) is 16.7. The van der Waals surface area contributed by atoms with Crippen LogP contribution in [0.25, 0.3) is 0 Å². The van der Waals surface area contributed by atoms with Gasteiger partial charge in [-0.05, 0) is 62.1 Å². The van der Waals surface area contributed by atoms with E-state index in [4.69, 9.17) is 4.74 Å². The van der Waals surface area contributed by atoms with E-state index in [1.165, 1.54) is 11.1 Å². The second-order valence-corrected chi connectivity index (χ2v) is 5.96. The SMILES string of the molecule is CCCNC(C1=CCCCO1)c1cc(C)cc(Br)c1. The van der Waals surface area contributed by atoms with Crippen LogP contribution in [0.4, 0.5) is 0 Å². The molecule has 0 aromatic heterocycles. The summed E-state index contributed by atoms with van der Waals surface area (Å²) in [5, 5.41) is 3.60. The third-order valence-corrected chi connectivity index (χ3v) is 3.70. The average Bonchev–Trinajstić information content (AvgIpc) is 2.39. The van der Waals surface area contributed by atoms with E-state index in [1.54, 1.807) is 0 Å². The highest BCUT2D eigenvalue weighted by molar-refractivity contribution is 9.10. The summed E-state index contributed by atoms with van der Waals surface area (Å²) >= 11 is 3.59. The third-order valence-electron chi connectivity index (χ3n) is 3.24. The first-order valence-electron chi connectivity index (χ1n) is 7.04. The lowest BCUT2D eigenvalue weighted by Crippen LogP contribution is -2.26. The lowest BCUT2D eigenvalue weighted by Gasteiger charge is -2.25. The van der Waals surface area contributed by atoms with Crippen molar-refractivity contribution < 1.29 is 4.74 Å². The van der Waals surface area contributed by atoms with Crippen molar-refractivity contribution in [2.75, 3.05) is 13.2 Å². The number of aryl methyl sites for hydroxylation is 1. The first kappa shape index (κ1) is 14.6. The largest absolute Gasteiger partial charge is 0.496 e. The van der Waals surface area contributed by atoms with E-state index >= 15 is 0 Å². The lowest BCUT2D eigenvalue weighted by atomic mass is 10.0. The number of ether oxygens (including phenoxy) is 1. The zero-order valence-electron chi connectivity index (χ0n) is 11.7. The van der Waals surface area contributed by atoms with Gasteiger partial charge in [0.25, 0.3) is 0 Å². The minimum atomic E-state index is 0.177. The van der Waals surface area contributed by atoms with Crippen molar-refractivity contribution in [3.8, 4) is 0 Å². The van der Waals surface area contributed by atoms with E-state index in [9.17, 15) is 0 Å². The van der Waals surface area contributed by atoms with Gasteiger partial charge < -0.3 is 10.1 Å². The number of rotatable bonds is 5. The molecule has 0 saturated carbocycles. The lowest BCUT2D eigenvalue weighted by molar-refractivity contribution is 0.167. The molecular formula is C16H22BrNO. The summed E-state index contributed by atoms with van der Waals surface area (Å²) in [6.45, 7) is 6.15. The van der Waals surface area contributed by atoms with Gasteiger partial charge >= 0.3 is 0 Å². The number of hydrogen-bond acceptors (Lipinski definition) is 2. The Kier molecular flexibility index (Phi) is 5.46. The molecule has 0 amide bonds. The quantitative estimate of drug-likeness (QED) is 0.861. The molecule has 1 aliphatic heterocycles. The molecule has 0 saturated heterocycles. The maximum atomic E-state index is 5.85. The van der Waals surface area contributed by atoms with E-state index in [0.717, 1.165) is 42.6 Å². The minimum absolute atomic E-state index is 0.177. The molecule has 0 spiro atoms. The van der Waals surface area contributed by atoms with Crippen LogP contribution < -0.4 is 5.32 Å². The van der Waals surface area contributed by atoms with Crippen molar-refractivity contribution >= 4 is 15.9 Å². The van der Waals surface area contributed by atoms with E-state index in [0.29, 0.717) is 0 Å². The molecule has 0 aliphatic carbocycles. The van der Waals surface area contributed by atoms with Crippen LogP contribution in [0, 0.1) is 6.92 Å². The zero-order valence-corrected chi connectivity index (χ0v) is 13.3. The molecule has 0 bridgehead atoms. The van der Waals surface area contributed by atoms with Crippen molar-refractivity contribution in [2.24, 2.45) is 0 Å². The predicted molar refractivity (Wildman–Crippen MR) is 83.2 cm³/mol. The second kappa shape index (κ2) is 7.11. The molecule has 1 N–H and O–H groups in total. The standard InChI is InChI=1S/C16H22BrNO/c1-3-7-18-16(15-6-4-5-8-19-15)13-9-12(2)10-14(17)11-13/h6,9-11,16,18H,3-5,7-8H2,1-2H3. The van der Waals surface area contributed by atoms with Crippen LogP contribution in [0.1, 0.15) is 43.4 Å². The molecule has 1 unspecified atom stereocenters. The van der Waals surface area contributed by atoms with Gasteiger partial charge in [-0.1, -0.05) is 28.9 Å². The van der Waals surface area contributed by atoms with E-state index in [2.05, 4.69) is 59.4 Å². The maximum absolute atomic E-state index is 5.85. The molecule has 1 heterocycles. The van der Waals surface area contributed by atoms with Crippen LogP contribution in [0.3, 0.4) is 0 Å². The Bertz CT molecular complexity index is 436. The van der Waals surface area contributed by atoms with Crippen LogP contribution in [0.5, 0.6) is 0 Å². The van der Waals surface area contributed by atoms with Gasteiger partial charge in [0.2, 0.25) is 0 Å². The average molecular weight is 324 g/mol. The van der Waals surface area contributed by atoms with Crippen molar-refractivity contribution in [3.05, 3.63) is 45.6 Å². The summed E-state index contributed by atoms with van der Waals surface area (Å²) in [7, 11) is 0. The number of nitrogens with one attached hydrogen (secondary N) is 1. The summed E-state index contributed by atoms with van der Waals surface area (Å²) < 4.78 is 6.98. The van der Waals surface area contributed by atoms with E-state index in [-0.39, 0.29) is 6.04 Å². The van der Waals surface area contributed by atoms with Crippen molar-refractivity contribution in [3.63, 3.8) is 0 Å². The monoisotopic (exact) mass is 323 g/mol. The molecule has 1 aromatic rings. The highest BCUT2D eigenvalue weighted by Crippen LogP contribution is 2.28. The Hall–Kier alpha value is -0.800. The van der Waals surface area contributed by atoms with Crippen LogP contribution >= 0.6 is 15.9 Å². The first-order valence-corrected chi connectivity index (χ1v) is 7.83. The number of hydrogen-bond donors (Lipinski definition) is 1. The van der Waals surface area contributed by atoms with Crippen molar-refractivity contribution in [1.82, 2.24) is 5.32 Å². The summed E-state index contributed by atoms with van der Waals surface area (Å²) in [6.07, 6.45) is 5.60. The molecule has 19 heavy (non-hydrogen) atoms. The topological polar surface area (TPSA) is 21.3 Å². The second-order valence-electron chi connectivity index (χ2n) is 5.05. The summed E-state index contributed by atoms with van der Waals surface area (Å²) in [5.41, 5.74) is 2.54. The molecular weight excluding hydrogens is 302 g/mol. The van der Waals surface area contributed by atoms with Gasteiger partial charge in [-0.2, -0.15) is 0 Å². The Morgan fingerprint density at radius 1 is 1.37 bits per heavy atom. The molecule has 3 heteroatoms. The smallest absolute Gasteiger partial charge is 0.113 e. The van der Waals surface area contributed by atoms with Crippen LogP contribution in [-0.2, 0) is 4.74 Å². The number of halogens is 1. The third kappa shape index (κ3) is 4.08. The fourth-order valence-corrected chi connectivity index (χ4v) is 3.01. The molecule has 0 fully saturated rings. The van der Waals surface area contributed by atoms with Gasteiger partial charge in [0.1, 0.15) is 5.76 Å². The molecule has 104 valence electrons. The maximum Gasteiger partial charge on any atom is 0.113 e. The molecule has 1 aromatic carbocycles. The Balaban J connectivity index is 2.27. The van der Waals surface area contributed by atoms with Crippen LogP contribution in [-0.4, -0.2) is 13.2 Å². The number of benzene rings is 1. The van der Waals surface area contributed by atoms with Gasteiger partial charge in [-0.25, -0.2) is 0 Å². The molecule has 0 radical (unpaired) electrons. The predicted octanol–water partition coefficient (Wildman–Crippen LogP) is 4.49. The Morgan fingerprint density at radius 3 is 2.84 bits per heavy atom. The Morgan fingerprint density at radius 2 is 2.21 bits per heavy atom. The van der Waals surface area contributed by atoms with Crippen LogP contribution in [0.2, 0.25) is 0 Å². The van der Waals surface area contributed by atoms with E-state index < -0.39 is 0 Å². The minimum Gasteiger partial charge on any atom is -0.496 e. The van der Waals surface area contributed by atoms with Gasteiger partial charge in [-0.3, -0.25) is 0 Å². The van der Waals surface area contributed by atoms with Gasteiger partial charge in [0, 0.05) is 4.47 Å². The van der Waals surface area contributed by atoms with Gasteiger partial charge in [0.15, 0.2) is 0 Å². The number of allylic oxidation sites excluding steroid dienone is 1. The molecule has 1 atom stereocenters. The molecule has 2 rings (SSSR count). The fraction of sp³-hybridized carbons (Fsp3) is 0.500. The van der Waals surface area contributed by atoms with Crippen molar-refractivity contribution in [2.45, 2.75) is 39.2 Å². The van der Waals surface area contributed by atoms with Crippen LogP contribution in [0.15, 0.2) is 34.5 Å². The summed E-state index contributed by atoms with van der Waals surface area (Å²) in [4.78, 5) is 0. The Labute approximate surface area is 124 Å². The highest BCUT2D eigenvalue weighted by Gasteiger charge is 2.19. The molecule has 1 aliphatic rings. The van der Waals surface area contributed by atoms with Crippen molar-refractivity contribution in [1.29, 1.82) is 0 Å². The summed E-state index contributed by atoms with van der Waals surface area (Å²) in [5.74, 6) is 1.08. The van der Waals surface area contributed by atoms with Gasteiger partial charge in [-0.15, -0.1) is 0 Å². The summed E-state index contributed by atoms with van der Waals surface area (Å²) in [6, 6.07) is 6.73. The zero-order chi connectivity index (χ0) is 13.7. The van der Waals surface area contributed by atoms with E-state index in [1.807, 2.05) is 0 Å². The fourth-order valence-electron chi connectivity index (χ4n) is 2.38. The highest BCUT2D eigenvalue weighted by atomic mass is 79.9. The molecule has 2 nitrogen and oxygen atoms in total. The van der Waals surface area contributed by atoms with Gasteiger partial charge in [0.05, 0.1) is 12.6 Å². The first-order chi connectivity index (χ1) is 9.20.